The number of aliphatic hydroxyl groups excluding tert-OH is 1. The third kappa shape index (κ3) is 5.87. The standard InChI is InChI=1S/C21H21N3O4S/c25-10-9-15-3-1-2-4-18(15)22-12-14-5-7-16(8-6-14)20(28)24-21-23-17(13-29-21)11-19(26)27/h1-8,13,22,25H,9-12H2,(H,26,27)(H,23,24,28). The largest absolute Gasteiger partial charge is 0.481 e. The van der Waals surface area contributed by atoms with E-state index in [0.29, 0.717) is 29.4 Å². The van der Waals surface area contributed by atoms with E-state index in [-0.39, 0.29) is 18.9 Å². The van der Waals surface area contributed by atoms with E-state index in [1.807, 2.05) is 36.4 Å². The number of thiazole rings is 1. The Balaban J connectivity index is 1.57. The molecule has 0 fully saturated rings. The molecule has 4 N–H and O–H groups in total. The Morgan fingerprint density at radius 3 is 2.55 bits per heavy atom. The second-order valence-electron chi connectivity index (χ2n) is 6.35. The van der Waals surface area contributed by atoms with Crippen molar-refractivity contribution in [1.82, 2.24) is 4.98 Å². The van der Waals surface area contributed by atoms with Crippen molar-refractivity contribution in [2.75, 3.05) is 17.2 Å². The van der Waals surface area contributed by atoms with Gasteiger partial charge in [-0.2, -0.15) is 0 Å². The van der Waals surface area contributed by atoms with Crippen LogP contribution in [0.2, 0.25) is 0 Å². The molecule has 0 saturated carbocycles. The van der Waals surface area contributed by atoms with Crippen molar-refractivity contribution >= 4 is 34.0 Å². The van der Waals surface area contributed by atoms with Gasteiger partial charge in [0.05, 0.1) is 12.1 Å². The highest BCUT2D eigenvalue weighted by Crippen LogP contribution is 2.19. The molecule has 0 radical (unpaired) electrons. The van der Waals surface area contributed by atoms with E-state index in [0.717, 1.165) is 16.8 Å². The zero-order chi connectivity index (χ0) is 20.6. The number of nitrogens with one attached hydrogen (secondary N) is 2. The second-order valence-corrected chi connectivity index (χ2v) is 7.21. The maximum absolute atomic E-state index is 12.4. The van der Waals surface area contributed by atoms with Crippen molar-refractivity contribution in [2.45, 2.75) is 19.4 Å². The summed E-state index contributed by atoms with van der Waals surface area (Å²) in [5, 5.41) is 26.0. The lowest BCUT2D eigenvalue weighted by Gasteiger charge is -2.11. The molecule has 0 atom stereocenters. The Bertz CT molecular complexity index is 986. The van der Waals surface area contributed by atoms with E-state index in [2.05, 4.69) is 15.6 Å². The number of amides is 1. The monoisotopic (exact) mass is 411 g/mol. The fourth-order valence-electron chi connectivity index (χ4n) is 2.77. The number of aliphatic hydroxyl groups is 1. The molecule has 0 bridgehead atoms. The first-order chi connectivity index (χ1) is 14.0. The average molecular weight is 411 g/mol. The van der Waals surface area contributed by atoms with Gasteiger partial charge >= 0.3 is 5.97 Å². The van der Waals surface area contributed by atoms with Gasteiger partial charge in [0, 0.05) is 29.8 Å². The highest BCUT2D eigenvalue weighted by atomic mass is 32.1. The van der Waals surface area contributed by atoms with Gasteiger partial charge in [0.15, 0.2) is 5.13 Å². The number of anilines is 2. The number of hydrogen-bond donors (Lipinski definition) is 4. The van der Waals surface area contributed by atoms with Gasteiger partial charge in [-0.15, -0.1) is 11.3 Å². The van der Waals surface area contributed by atoms with Crippen molar-refractivity contribution in [3.63, 3.8) is 0 Å². The van der Waals surface area contributed by atoms with Crippen LogP contribution in [0.15, 0.2) is 53.9 Å². The third-order valence-electron chi connectivity index (χ3n) is 4.20. The molecule has 0 spiro atoms. The molecule has 1 heterocycles. The molecule has 8 heteroatoms. The number of rotatable bonds is 9. The number of para-hydroxylation sites is 1. The highest BCUT2D eigenvalue weighted by molar-refractivity contribution is 7.14. The summed E-state index contributed by atoms with van der Waals surface area (Å²) in [6.45, 7) is 0.689. The Kier molecular flexibility index (Phi) is 6.94. The predicted molar refractivity (Wildman–Crippen MR) is 112 cm³/mol. The summed E-state index contributed by atoms with van der Waals surface area (Å²) >= 11 is 1.19. The first kappa shape index (κ1) is 20.5. The van der Waals surface area contributed by atoms with Crippen LogP contribution in [0.25, 0.3) is 0 Å². The number of aliphatic carboxylic acids is 1. The van der Waals surface area contributed by atoms with Gasteiger partial charge in [-0.25, -0.2) is 4.98 Å². The number of aromatic nitrogens is 1. The van der Waals surface area contributed by atoms with Crippen molar-refractivity contribution in [1.29, 1.82) is 0 Å². The molecule has 7 nitrogen and oxygen atoms in total. The number of hydrogen-bond acceptors (Lipinski definition) is 6. The van der Waals surface area contributed by atoms with Crippen LogP contribution in [0.5, 0.6) is 0 Å². The zero-order valence-electron chi connectivity index (χ0n) is 15.6. The van der Waals surface area contributed by atoms with E-state index in [4.69, 9.17) is 10.2 Å². The number of carbonyl (C=O) groups is 2. The molecule has 0 aliphatic carbocycles. The maximum Gasteiger partial charge on any atom is 0.309 e. The average Bonchev–Trinajstić information content (AvgIpc) is 3.14. The molecule has 29 heavy (non-hydrogen) atoms. The molecule has 150 valence electrons. The molecule has 0 unspecified atom stereocenters. The first-order valence-electron chi connectivity index (χ1n) is 9.04. The van der Waals surface area contributed by atoms with Gasteiger partial charge in [0.25, 0.3) is 5.91 Å². The van der Waals surface area contributed by atoms with Crippen LogP contribution in [0.3, 0.4) is 0 Å². The molecule has 0 aliphatic heterocycles. The second kappa shape index (κ2) is 9.81. The number of benzene rings is 2. The molecule has 2 aromatic carbocycles. The normalized spacial score (nSPS) is 10.5. The van der Waals surface area contributed by atoms with Crippen molar-refractivity contribution < 1.29 is 19.8 Å². The molecule has 1 amide bonds. The minimum absolute atomic E-state index is 0.0966. The first-order valence-corrected chi connectivity index (χ1v) is 9.92. The van der Waals surface area contributed by atoms with Gasteiger partial charge in [-0.1, -0.05) is 30.3 Å². The van der Waals surface area contributed by atoms with Gasteiger partial charge < -0.3 is 15.5 Å². The predicted octanol–water partition coefficient (Wildman–Crippen LogP) is 3.17. The molecular weight excluding hydrogens is 390 g/mol. The summed E-state index contributed by atoms with van der Waals surface area (Å²) < 4.78 is 0. The Morgan fingerprint density at radius 2 is 1.83 bits per heavy atom. The molecule has 0 saturated heterocycles. The SMILES string of the molecule is O=C(O)Cc1csc(NC(=O)c2ccc(CNc3ccccc3CCO)cc2)n1. The molecule has 3 rings (SSSR count). The van der Waals surface area contributed by atoms with Gasteiger partial charge in [0.1, 0.15) is 0 Å². The fourth-order valence-corrected chi connectivity index (χ4v) is 3.48. The van der Waals surface area contributed by atoms with Crippen LogP contribution in [0, 0.1) is 0 Å². The van der Waals surface area contributed by atoms with Crippen LogP contribution < -0.4 is 10.6 Å². The van der Waals surface area contributed by atoms with Crippen molar-refractivity contribution in [3.8, 4) is 0 Å². The number of carbonyl (C=O) groups excluding carboxylic acids is 1. The Hall–Kier alpha value is -3.23. The molecular formula is C21H21N3O4S. The fraction of sp³-hybridized carbons (Fsp3) is 0.190. The summed E-state index contributed by atoms with van der Waals surface area (Å²) in [5.74, 6) is -1.26. The summed E-state index contributed by atoms with van der Waals surface area (Å²) in [4.78, 5) is 27.2. The summed E-state index contributed by atoms with van der Waals surface area (Å²) in [6.07, 6.45) is 0.419. The summed E-state index contributed by atoms with van der Waals surface area (Å²) in [6, 6.07) is 15.0. The van der Waals surface area contributed by atoms with E-state index >= 15 is 0 Å². The van der Waals surface area contributed by atoms with Crippen molar-refractivity contribution in [2.24, 2.45) is 0 Å². The van der Waals surface area contributed by atoms with Crippen LogP contribution >= 0.6 is 11.3 Å². The Labute approximate surface area is 172 Å². The van der Waals surface area contributed by atoms with Gasteiger partial charge in [-0.05, 0) is 35.7 Å². The van der Waals surface area contributed by atoms with Gasteiger partial charge in [-0.3, -0.25) is 14.9 Å². The van der Waals surface area contributed by atoms with E-state index in [9.17, 15) is 9.59 Å². The summed E-state index contributed by atoms with van der Waals surface area (Å²) in [5.41, 5.74) is 3.95. The number of carboxylic acid groups (broad SMARTS) is 1. The van der Waals surface area contributed by atoms with Crippen LogP contribution in [-0.2, 0) is 24.2 Å². The Morgan fingerprint density at radius 1 is 1.07 bits per heavy atom. The molecule has 1 aromatic heterocycles. The van der Waals surface area contributed by atoms with Crippen LogP contribution in [0.4, 0.5) is 10.8 Å². The van der Waals surface area contributed by atoms with Gasteiger partial charge in [0.2, 0.25) is 0 Å². The molecule has 3 aromatic rings. The van der Waals surface area contributed by atoms with E-state index in [1.165, 1.54) is 11.3 Å². The number of nitrogens with zero attached hydrogens (tertiary/aromatic N) is 1. The molecule has 0 aliphatic rings. The van der Waals surface area contributed by atoms with E-state index in [1.54, 1.807) is 17.5 Å². The van der Waals surface area contributed by atoms with Crippen LogP contribution in [0.1, 0.15) is 27.2 Å². The maximum atomic E-state index is 12.4. The zero-order valence-corrected chi connectivity index (χ0v) is 16.4. The quantitative estimate of drug-likeness (QED) is 0.430. The lowest BCUT2D eigenvalue weighted by molar-refractivity contribution is -0.136. The lowest BCUT2D eigenvalue weighted by atomic mass is 10.1. The minimum Gasteiger partial charge on any atom is -0.481 e. The van der Waals surface area contributed by atoms with Crippen LogP contribution in [-0.4, -0.2) is 33.7 Å². The minimum atomic E-state index is -0.962. The van der Waals surface area contributed by atoms with Crippen molar-refractivity contribution in [3.05, 3.63) is 76.3 Å². The smallest absolute Gasteiger partial charge is 0.309 e. The third-order valence-corrected chi connectivity index (χ3v) is 5.01. The lowest BCUT2D eigenvalue weighted by Crippen LogP contribution is -2.12. The van der Waals surface area contributed by atoms with E-state index < -0.39 is 5.97 Å². The topological polar surface area (TPSA) is 112 Å². The number of carboxylic acids is 1. The summed E-state index contributed by atoms with van der Waals surface area (Å²) in [7, 11) is 0. The highest BCUT2D eigenvalue weighted by Gasteiger charge is 2.11.